The monoisotopic (exact) mass is 2050 g/mol. The molecule has 143 heavy (non-hydrogen) atoms. The van der Waals surface area contributed by atoms with Crippen molar-refractivity contribution in [1.29, 1.82) is 0 Å². The van der Waals surface area contributed by atoms with E-state index in [1.165, 1.54) is 60.2 Å². The van der Waals surface area contributed by atoms with E-state index in [4.69, 9.17) is 56.8 Å². The molecule has 5 atom stereocenters. The first kappa shape index (κ1) is 111. The summed E-state index contributed by atoms with van der Waals surface area (Å²) in [6, 6.07) is 71.7. The van der Waals surface area contributed by atoms with E-state index in [1.807, 2.05) is 136 Å². The van der Waals surface area contributed by atoms with Crippen molar-refractivity contribution in [1.82, 2.24) is 39.1 Å². The van der Waals surface area contributed by atoms with Crippen LogP contribution in [0.5, 0.6) is 58.4 Å². The Morgan fingerprint density at radius 3 is 1.59 bits per heavy atom. The maximum Gasteiger partial charge on any atom is 0.348 e. The number of aromatic nitrogens is 6. The summed E-state index contributed by atoms with van der Waals surface area (Å²) in [5.41, 5.74) is 14.9. The first-order valence-electron chi connectivity index (χ1n) is 45.8. The third-order valence-corrected chi connectivity index (χ3v) is 26.0. The molecule has 36 heteroatoms. The summed E-state index contributed by atoms with van der Waals surface area (Å²) >= 11 is 0. The normalized spacial score (nSPS) is 14.3. The Balaban J connectivity index is 0.000000191. The number of ether oxygens (including phenoxy) is 12. The summed E-state index contributed by atoms with van der Waals surface area (Å²) in [6.45, 7) is 13.5. The molecule has 0 saturated carbocycles. The van der Waals surface area contributed by atoms with Crippen LogP contribution in [0.3, 0.4) is 0 Å². The van der Waals surface area contributed by atoms with Crippen LogP contribution < -0.4 is 47.4 Å². The summed E-state index contributed by atoms with van der Waals surface area (Å²) in [7, 11) is 6.83. The van der Waals surface area contributed by atoms with Crippen LogP contribution >= 0.6 is 0 Å². The molecule has 12 aromatic rings. The van der Waals surface area contributed by atoms with E-state index in [2.05, 4.69) is 52.8 Å². The quantitative estimate of drug-likeness (QED) is 0.00907. The number of methoxy groups -OCH3 is 7. The van der Waals surface area contributed by atoms with Crippen molar-refractivity contribution < 1.29 is 142 Å². The van der Waals surface area contributed by atoms with Gasteiger partial charge < -0.3 is 87.2 Å². The van der Waals surface area contributed by atoms with Crippen LogP contribution in [0.4, 0.5) is 4.39 Å². The second-order valence-electron chi connectivity index (χ2n) is 32.9. The zero-order valence-electron chi connectivity index (χ0n) is 81.4. The van der Waals surface area contributed by atoms with Crippen molar-refractivity contribution in [2.75, 3.05) is 95.1 Å². The molecule has 0 amide bonds. The predicted molar refractivity (Wildman–Crippen MR) is 527 cm³/mol. The van der Waals surface area contributed by atoms with Crippen molar-refractivity contribution in [3.05, 3.63) is 357 Å². The number of unbranched alkanes of at least 4 members (excludes halogenated alkanes) is 3. The van der Waals surface area contributed by atoms with Gasteiger partial charge in [-0.1, -0.05) is 270 Å². The molecule has 749 valence electrons. The summed E-state index contributed by atoms with van der Waals surface area (Å²) in [5.74, 6) is -3.38. The Morgan fingerprint density at radius 2 is 1.10 bits per heavy atom. The average molecular weight is 2050 g/mol. The molecule has 0 unspecified atom stereocenters. The number of halogens is 1. The van der Waals surface area contributed by atoms with E-state index >= 15 is 0 Å². The van der Waals surface area contributed by atoms with E-state index in [0.717, 1.165) is 78.7 Å². The average Bonchev–Trinajstić information content (AvgIpc) is 1.57. The van der Waals surface area contributed by atoms with Gasteiger partial charge in [-0.2, -0.15) is 19.9 Å². The Kier molecular flexibility index (Phi) is 41.6. The largest absolute Gasteiger partial charge is 0.503 e. The van der Waals surface area contributed by atoms with Crippen LogP contribution in [-0.4, -0.2) is 199 Å². The van der Waals surface area contributed by atoms with Crippen LogP contribution in [-0.2, 0) is 101 Å². The molecule has 4 N–H and O–H groups in total. The smallest absolute Gasteiger partial charge is 0.348 e. The predicted octanol–water partition coefficient (Wildman–Crippen LogP) is 17.9. The van der Waals surface area contributed by atoms with E-state index in [9.17, 15) is 57.9 Å². The fourth-order valence-corrected chi connectivity index (χ4v) is 18.8. The Labute approximate surface area is 856 Å². The third kappa shape index (κ3) is 27.8. The van der Waals surface area contributed by atoms with Crippen molar-refractivity contribution >= 4 is 39.5 Å². The molecule has 0 bridgehead atoms. The molecule has 1 aliphatic carbocycles. The Hall–Kier alpha value is -14.2. The van der Waals surface area contributed by atoms with Crippen molar-refractivity contribution in [3.63, 3.8) is 0 Å². The molecule has 1 saturated heterocycles. The number of aryl methyl sites for hydroxylation is 3. The first-order valence-corrected chi connectivity index (χ1v) is 47.4. The van der Waals surface area contributed by atoms with Gasteiger partial charge in [0, 0.05) is 100 Å². The summed E-state index contributed by atoms with van der Waals surface area (Å²) < 4.78 is 109. The second-order valence-corrected chi connectivity index (χ2v) is 35.0. The van der Waals surface area contributed by atoms with Gasteiger partial charge in [-0.15, -0.1) is 6.07 Å². The molecule has 2 aliphatic heterocycles. The van der Waals surface area contributed by atoms with Gasteiger partial charge in [0.1, 0.15) is 5.54 Å². The van der Waals surface area contributed by atoms with Gasteiger partial charge in [-0.25, -0.2) is 33.1 Å². The number of hydrogen-bond acceptors (Lipinski definition) is 26. The number of carbonyl (C=O) groups is 4. The topological polar surface area (TPSA) is 427 Å². The number of carboxylic acid groups (broad SMARTS) is 4. The van der Waals surface area contributed by atoms with Gasteiger partial charge in [0.2, 0.25) is 46.7 Å². The van der Waals surface area contributed by atoms with Gasteiger partial charge in [0.15, 0.2) is 46.1 Å². The van der Waals surface area contributed by atoms with Gasteiger partial charge >= 0.3 is 29.9 Å². The van der Waals surface area contributed by atoms with Crippen molar-refractivity contribution in [3.8, 4) is 58.4 Å². The number of fused-ring (bicyclic) bond motifs is 2. The third-order valence-electron chi connectivity index (χ3n) is 24.0. The fraction of sp³-hybridized carbons (Fsp3) is 0.318. The number of nitrogens with zero attached hydrogens (tertiary/aromatic N) is 11. The van der Waals surface area contributed by atoms with Gasteiger partial charge in [0.25, 0.3) is 0 Å². The molecule has 1 fully saturated rings. The first-order chi connectivity index (χ1) is 68.6. The van der Waals surface area contributed by atoms with E-state index < -0.39 is 86.5 Å². The molecule has 1 radical (unpaired) electrons. The Morgan fingerprint density at radius 1 is 0.587 bits per heavy atom. The molecular weight excluding hydrogens is 1930 g/mol. The Bertz CT molecular complexity index is 6200. The van der Waals surface area contributed by atoms with E-state index in [-0.39, 0.29) is 87.9 Å². The van der Waals surface area contributed by atoms with Crippen LogP contribution in [0, 0.1) is 38.3 Å². The maximum atomic E-state index is 14.9. The number of hydrogen-bond donors (Lipinski definition) is 4. The van der Waals surface area contributed by atoms with E-state index in [1.54, 1.807) is 146 Å². The van der Waals surface area contributed by atoms with Gasteiger partial charge in [-0.3, -0.25) is 14.5 Å². The number of rotatable bonds is 42. The number of azide groups is 1. The number of aliphatic carboxylic acids is 4. The molecule has 15 rings (SSSR count). The minimum absolute atomic E-state index is 0. The molecule has 33 nitrogen and oxygen atoms in total. The van der Waals surface area contributed by atoms with Gasteiger partial charge in [0.05, 0.1) is 72.7 Å². The van der Waals surface area contributed by atoms with Crippen LogP contribution in [0.1, 0.15) is 137 Å². The van der Waals surface area contributed by atoms with Crippen LogP contribution in [0.15, 0.2) is 260 Å². The molecule has 3 aliphatic rings. The standard InChI is InChI=1S/C30H41FN2O7S.C26H25O5.C23H21N5O4.C22H22N2O6.C6H7N2.Y/c1-4-6-8-16-41(36,37)33(13-7-5-2)15-14-32-19-23(21-9-12-26-27(18-21)40-20-39-26)28(30(34)35)29(32)22-10-11-25(38-3)24(31)17-22;1-19(20-14-15-23(29-2)24(16-20)30-3)18-31-26(17-25(27)28,21-10-6-4-7-11-21)22-12-8-5-9-13-22;1-31-20-17-13-8-14-18(17)25-22(26-20)32-19(21(29)30)23(27-28-24,15-9-4-2-5-10-15)16-11-6-3-7-12-16;1-27-17-14-18(28-2)24-21(23-17)30-19(20(25)26)22(29-3,15-10-6-4-7-11-15)16-12-8-5-9-13-16;1-5-3-6(2)8-4-7-5;/h9-12,17-18,23,28-29H,4-8,13-16,19-20H2,1-3H3,(H,34,35);4-17H,1,18H2,2-3H3,(H,27,28);2-7,9-12,19H,8,13-14H2,1H3,(H,29,30);4-14,19H,1-3H3,(H,25,26);3H,1-2H3;/q;-1;;;-1;/t23-,28-,29+;;2*19-;;/m1.11../s1. The SMILES string of the molecule is C=C(COC([CH-]C(=O)O)(c1ccccc1)c1ccccc1)c1ccc(OC)c(OC)c1.CCCCCS(=O)(=O)N(CCCC)CCN1C[C@H](c2ccc3c(c2)OCO3)[C@@H](C(=O)O)[C@@H]1c1ccc(OC)c(F)c1.COc1cc(OC)nc(O[C@H](C(=O)O)C(OC)(c2ccccc2)c2ccccc2)n1.COc1nc(O[C@H](C(=O)O)C(N=[N+]=[N-])(c2ccccc2)c2ccccc2)nc2c1CCC2.Cc1cc(C)n[c-]n1.[Y]. The number of likely N-dealkylation sites (tertiary alicyclic amines) is 1. The van der Waals surface area contributed by atoms with Gasteiger partial charge in [-0.05, 0) is 130 Å². The van der Waals surface area contributed by atoms with E-state index in [0.29, 0.717) is 99.5 Å². The van der Waals surface area contributed by atoms with Crippen molar-refractivity contribution in [2.24, 2.45) is 11.0 Å². The van der Waals surface area contributed by atoms with Crippen molar-refractivity contribution in [2.45, 2.75) is 120 Å². The maximum absolute atomic E-state index is 14.9. The molecule has 9 aromatic carbocycles. The zero-order chi connectivity index (χ0) is 102. The fourth-order valence-electron chi connectivity index (χ4n) is 17.2. The molecule has 0 spiro atoms. The summed E-state index contributed by atoms with van der Waals surface area (Å²) in [5, 5.41) is 44.6. The number of sulfonamides is 1. The molecular formula is C107H116FN11O22SY-2. The second kappa shape index (κ2) is 53.6. The minimum Gasteiger partial charge on any atom is -0.503 e. The summed E-state index contributed by atoms with van der Waals surface area (Å²) in [4.78, 5) is 79.2. The minimum atomic E-state index is -3.48. The molecule has 5 heterocycles. The van der Waals surface area contributed by atoms with Crippen LogP contribution in [0.25, 0.3) is 16.0 Å². The number of carboxylic acids is 4. The van der Waals surface area contributed by atoms with Crippen LogP contribution in [0.2, 0.25) is 0 Å². The molecule has 3 aromatic heterocycles. The zero-order valence-corrected chi connectivity index (χ0v) is 85.0. The number of benzene rings is 9. The summed E-state index contributed by atoms with van der Waals surface area (Å²) in [6.07, 6.45) is 6.92.